The van der Waals surface area contributed by atoms with E-state index in [1.54, 1.807) is 0 Å². The van der Waals surface area contributed by atoms with Crippen LogP contribution in [0.3, 0.4) is 0 Å². The Hall–Kier alpha value is -6.38. The van der Waals surface area contributed by atoms with Gasteiger partial charge in [0.25, 0.3) is 0 Å². The highest BCUT2D eigenvalue weighted by Gasteiger charge is 2.37. The minimum absolute atomic E-state index is 0.0880. The highest BCUT2D eigenvalue weighted by atomic mass is 16.3. The lowest BCUT2D eigenvalue weighted by Gasteiger charge is -2.29. The van der Waals surface area contributed by atoms with Crippen LogP contribution in [0.1, 0.15) is 25.0 Å². The van der Waals surface area contributed by atoms with Gasteiger partial charge in [-0.1, -0.05) is 153 Å². The standard InChI is InChI=1S/C49H35NO/c1-49(2)41-22-8-5-18-39(41)47-38(21-12-23-42(47)49)37-17-6-9-24-43(37)50(44-25-13-27-46-48(44)40-19-7-10-26-45(40)51-46)34-30-28-33(29-31-34)36-20-11-15-32-14-3-4-16-35(32)36/h3-31H,1-2H3. The molecule has 0 amide bonds. The molecule has 10 rings (SSSR count). The fourth-order valence-corrected chi connectivity index (χ4v) is 8.49. The Morgan fingerprint density at radius 3 is 1.90 bits per heavy atom. The maximum atomic E-state index is 6.44. The zero-order valence-electron chi connectivity index (χ0n) is 28.6. The van der Waals surface area contributed by atoms with Crippen LogP contribution in [0, 0.1) is 0 Å². The lowest BCUT2D eigenvalue weighted by atomic mass is 9.82. The lowest BCUT2D eigenvalue weighted by Crippen LogP contribution is -2.15. The Kier molecular flexibility index (Phi) is 6.56. The summed E-state index contributed by atoms with van der Waals surface area (Å²) in [6, 6.07) is 63.6. The second kappa shape index (κ2) is 11.3. The first-order chi connectivity index (χ1) is 25.1. The second-order valence-corrected chi connectivity index (χ2v) is 14.1. The van der Waals surface area contributed by atoms with Gasteiger partial charge >= 0.3 is 0 Å². The van der Waals surface area contributed by atoms with Crippen molar-refractivity contribution in [3.8, 4) is 33.4 Å². The summed E-state index contributed by atoms with van der Waals surface area (Å²) in [4.78, 5) is 2.43. The molecule has 2 nitrogen and oxygen atoms in total. The quantitative estimate of drug-likeness (QED) is 0.184. The fraction of sp³-hybridized carbons (Fsp3) is 0.0612. The third-order valence-electron chi connectivity index (χ3n) is 10.9. The summed E-state index contributed by atoms with van der Waals surface area (Å²) >= 11 is 0. The zero-order valence-corrected chi connectivity index (χ0v) is 28.6. The lowest BCUT2D eigenvalue weighted by molar-refractivity contribution is 0.660. The van der Waals surface area contributed by atoms with Crippen LogP contribution in [-0.2, 0) is 5.41 Å². The third kappa shape index (κ3) is 4.50. The minimum Gasteiger partial charge on any atom is -0.456 e. The molecule has 1 aromatic heterocycles. The number of nitrogens with zero attached hydrogens (tertiary/aromatic N) is 1. The Morgan fingerprint density at radius 2 is 1.02 bits per heavy atom. The topological polar surface area (TPSA) is 16.4 Å². The molecule has 0 aliphatic heterocycles. The summed E-state index contributed by atoms with van der Waals surface area (Å²) in [6.07, 6.45) is 0. The molecule has 51 heavy (non-hydrogen) atoms. The summed E-state index contributed by atoms with van der Waals surface area (Å²) < 4.78 is 6.44. The molecule has 8 aromatic carbocycles. The molecule has 0 spiro atoms. The SMILES string of the molecule is CC1(C)c2ccccc2-c2c(-c3ccccc3N(c3ccc(-c4cccc5ccccc45)cc3)c3cccc4oc5ccccc5c34)cccc21. The van der Waals surface area contributed by atoms with Crippen LogP contribution in [0.2, 0.25) is 0 Å². The van der Waals surface area contributed by atoms with Gasteiger partial charge in [-0.15, -0.1) is 0 Å². The monoisotopic (exact) mass is 653 g/mol. The Labute approximate surface area is 297 Å². The van der Waals surface area contributed by atoms with Gasteiger partial charge in [0.2, 0.25) is 0 Å². The third-order valence-corrected chi connectivity index (χ3v) is 10.9. The first-order valence-corrected chi connectivity index (χ1v) is 17.7. The first kappa shape index (κ1) is 29.5. The summed E-state index contributed by atoms with van der Waals surface area (Å²) in [6.45, 7) is 4.70. The van der Waals surface area contributed by atoms with Crippen molar-refractivity contribution < 1.29 is 4.42 Å². The van der Waals surface area contributed by atoms with Gasteiger partial charge in [-0.2, -0.15) is 0 Å². The van der Waals surface area contributed by atoms with Crippen molar-refractivity contribution in [1.82, 2.24) is 0 Å². The molecule has 0 saturated heterocycles. The van der Waals surface area contributed by atoms with E-state index in [0.29, 0.717) is 0 Å². The van der Waals surface area contributed by atoms with E-state index in [0.717, 1.165) is 39.0 Å². The number of furan rings is 1. The molecule has 1 aliphatic rings. The normalized spacial score (nSPS) is 13.1. The van der Waals surface area contributed by atoms with E-state index in [-0.39, 0.29) is 5.41 Å². The van der Waals surface area contributed by atoms with Crippen LogP contribution in [0.25, 0.3) is 66.1 Å². The Bertz CT molecular complexity index is 2780. The molecule has 0 unspecified atom stereocenters. The smallest absolute Gasteiger partial charge is 0.137 e. The number of benzene rings is 8. The van der Waals surface area contributed by atoms with Crippen LogP contribution in [0.15, 0.2) is 180 Å². The van der Waals surface area contributed by atoms with Gasteiger partial charge in [0.05, 0.1) is 16.8 Å². The van der Waals surface area contributed by atoms with Crippen LogP contribution in [0.4, 0.5) is 17.1 Å². The van der Waals surface area contributed by atoms with E-state index in [2.05, 4.69) is 189 Å². The molecule has 0 radical (unpaired) electrons. The zero-order chi connectivity index (χ0) is 34.1. The van der Waals surface area contributed by atoms with Crippen LogP contribution >= 0.6 is 0 Å². The van der Waals surface area contributed by atoms with Crippen molar-refractivity contribution in [1.29, 1.82) is 0 Å². The average molecular weight is 654 g/mol. The largest absolute Gasteiger partial charge is 0.456 e. The molecule has 242 valence electrons. The van der Waals surface area contributed by atoms with Gasteiger partial charge in [0, 0.05) is 22.1 Å². The number of para-hydroxylation sites is 2. The van der Waals surface area contributed by atoms with E-state index in [9.17, 15) is 0 Å². The van der Waals surface area contributed by atoms with Crippen molar-refractivity contribution in [3.63, 3.8) is 0 Å². The molecule has 2 heteroatoms. The highest BCUT2D eigenvalue weighted by molar-refractivity contribution is 6.14. The maximum absolute atomic E-state index is 6.44. The van der Waals surface area contributed by atoms with Crippen molar-refractivity contribution in [2.24, 2.45) is 0 Å². The minimum atomic E-state index is -0.0880. The number of hydrogen-bond donors (Lipinski definition) is 0. The van der Waals surface area contributed by atoms with Crippen LogP contribution in [0.5, 0.6) is 0 Å². The van der Waals surface area contributed by atoms with Crippen LogP contribution in [-0.4, -0.2) is 0 Å². The van der Waals surface area contributed by atoms with Gasteiger partial charge in [-0.3, -0.25) is 0 Å². The molecule has 0 bridgehead atoms. The first-order valence-electron chi connectivity index (χ1n) is 17.7. The molecular formula is C49H35NO. The number of fused-ring (bicyclic) bond motifs is 7. The van der Waals surface area contributed by atoms with E-state index in [4.69, 9.17) is 4.42 Å². The number of rotatable bonds is 5. The van der Waals surface area contributed by atoms with E-state index in [1.807, 2.05) is 6.07 Å². The molecule has 0 N–H and O–H groups in total. The van der Waals surface area contributed by atoms with Crippen LogP contribution < -0.4 is 4.90 Å². The number of hydrogen-bond acceptors (Lipinski definition) is 2. The molecule has 0 atom stereocenters. The van der Waals surface area contributed by atoms with E-state index >= 15 is 0 Å². The Balaban J connectivity index is 1.22. The average Bonchev–Trinajstić information content (AvgIpc) is 3.68. The van der Waals surface area contributed by atoms with Crippen molar-refractivity contribution in [3.05, 3.63) is 187 Å². The van der Waals surface area contributed by atoms with Crippen molar-refractivity contribution >= 4 is 49.8 Å². The summed E-state index contributed by atoms with van der Waals surface area (Å²) in [5.74, 6) is 0. The predicted molar refractivity (Wildman–Crippen MR) is 214 cm³/mol. The van der Waals surface area contributed by atoms with Gasteiger partial charge in [-0.05, 0) is 86.1 Å². The van der Waals surface area contributed by atoms with Gasteiger partial charge in [0.1, 0.15) is 11.2 Å². The predicted octanol–water partition coefficient (Wildman–Crippen LogP) is 13.8. The van der Waals surface area contributed by atoms with E-state index < -0.39 is 0 Å². The summed E-state index contributed by atoms with van der Waals surface area (Å²) in [5.41, 5.74) is 15.2. The molecule has 1 aliphatic carbocycles. The van der Waals surface area contributed by atoms with Crippen molar-refractivity contribution in [2.75, 3.05) is 4.90 Å². The summed E-state index contributed by atoms with van der Waals surface area (Å²) in [5, 5.41) is 4.71. The van der Waals surface area contributed by atoms with Gasteiger partial charge in [0.15, 0.2) is 0 Å². The van der Waals surface area contributed by atoms with E-state index in [1.165, 1.54) is 55.3 Å². The molecule has 1 heterocycles. The van der Waals surface area contributed by atoms with Gasteiger partial charge < -0.3 is 9.32 Å². The summed E-state index contributed by atoms with van der Waals surface area (Å²) in [7, 11) is 0. The van der Waals surface area contributed by atoms with Gasteiger partial charge in [-0.25, -0.2) is 0 Å². The maximum Gasteiger partial charge on any atom is 0.137 e. The molecule has 0 saturated carbocycles. The molecule has 0 fully saturated rings. The molecular weight excluding hydrogens is 619 g/mol. The van der Waals surface area contributed by atoms with Crippen molar-refractivity contribution in [2.45, 2.75) is 19.3 Å². The second-order valence-electron chi connectivity index (χ2n) is 14.1. The Morgan fingerprint density at radius 1 is 0.431 bits per heavy atom. The highest BCUT2D eigenvalue weighted by Crippen LogP contribution is 2.54. The molecule has 9 aromatic rings. The fourth-order valence-electron chi connectivity index (χ4n) is 8.49. The number of anilines is 3.